The Kier molecular flexibility index (Phi) is 14.1. The molecule has 0 radical (unpaired) electrons. The van der Waals surface area contributed by atoms with Gasteiger partial charge in [-0.1, -0.05) is 76.3 Å². The van der Waals surface area contributed by atoms with Gasteiger partial charge in [0.2, 0.25) is 0 Å². The van der Waals surface area contributed by atoms with Crippen LogP contribution in [0.4, 0.5) is 0 Å². The highest BCUT2D eigenvalue weighted by Crippen LogP contribution is 2.52. The van der Waals surface area contributed by atoms with Gasteiger partial charge in [0, 0.05) is 43.9 Å². The molecule has 13 aliphatic rings. The summed E-state index contributed by atoms with van der Waals surface area (Å²) in [5.74, 6) is -0.458. The molecule has 30 atom stereocenters. The second-order valence-electron chi connectivity index (χ2n) is 24.6. The second-order valence-corrected chi connectivity index (χ2v) is 24.6. The summed E-state index contributed by atoms with van der Waals surface area (Å²) in [6.07, 6.45) is 15.0. The van der Waals surface area contributed by atoms with E-state index in [4.69, 9.17) is 61.6 Å². The lowest BCUT2D eigenvalue weighted by Gasteiger charge is -2.53. The van der Waals surface area contributed by atoms with Crippen LogP contribution in [0.25, 0.3) is 0 Å². The highest BCUT2D eigenvalue weighted by atomic mass is 16.7. The fourth-order valence-electron chi connectivity index (χ4n) is 15.6. The first-order valence-electron chi connectivity index (χ1n) is 28.5. The number of aliphatic hydroxyl groups excluding tert-OH is 3. The zero-order chi connectivity index (χ0) is 49.9. The van der Waals surface area contributed by atoms with E-state index in [2.05, 4.69) is 64.2 Å². The van der Waals surface area contributed by atoms with E-state index < -0.39 is 66.3 Å². The first-order valence-corrected chi connectivity index (χ1v) is 28.5. The van der Waals surface area contributed by atoms with Crippen LogP contribution in [-0.4, -0.2) is 186 Å². The van der Waals surface area contributed by atoms with Crippen molar-refractivity contribution in [2.75, 3.05) is 13.2 Å². The van der Waals surface area contributed by atoms with Crippen molar-refractivity contribution in [1.82, 2.24) is 0 Å². The molecule has 406 valence electrons. The van der Waals surface area contributed by atoms with Crippen molar-refractivity contribution >= 4 is 0 Å². The molecule has 0 aromatic rings. The molecular weight excluding hydrogens is 941 g/mol. The van der Waals surface area contributed by atoms with Gasteiger partial charge in [0.1, 0.15) is 48.3 Å². The molecule has 9 fully saturated rings. The van der Waals surface area contributed by atoms with E-state index in [1.165, 1.54) is 0 Å². The Balaban J connectivity index is 0.695. The van der Waals surface area contributed by atoms with Crippen LogP contribution in [-0.2, 0) is 61.6 Å². The van der Waals surface area contributed by atoms with Crippen LogP contribution in [0.15, 0.2) is 48.6 Å². The van der Waals surface area contributed by atoms with Crippen LogP contribution < -0.4 is 0 Å². The van der Waals surface area contributed by atoms with E-state index in [1.54, 1.807) is 0 Å². The molecule has 0 saturated carbocycles. The van der Waals surface area contributed by atoms with E-state index in [0.29, 0.717) is 64.6 Å². The molecule has 9 saturated heterocycles. The Hall–Kier alpha value is -1.68. The Morgan fingerprint density at radius 1 is 0.452 bits per heavy atom. The molecule has 0 bridgehead atoms. The van der Waals surface area contributed by atoms with Crippen LogP contribution >= 0.6 is 0 Å². The van der Waals surface area contributed by atoms with Gasteiger partial charge in [0.05, 0.1) is 117 Å². The van der Waals surface area contributed by atoms with Crippen molar-refractivity contribution in [3.05, 3.63) is 48.6 Å². The predicted molar refractivity (Wildman–Crippen MR) is 261 cm³/mol. The topological polar surface area (TPSA) is 181 Å². The average Bonchev–Trinajstić information content (AvgIpc) is 3.55. The van der Waals surface area contributed by atoms with Crippen molar-refractivity contribution in [2.45, 2.75) is 270 Å². The van der Waals surface area contributed by atoms with Crippen LogP contribution in [0.3, 0.4) is 0 Å². The zero-order valence-electron chi connectivity index (χ0n) is 43.3. The van der Waals surface area contributed by atoms with Crippen molar-refractivity contribution in [3.63, 3.8) is 0 Å². The molecule has 3 N–H and O–H groups in total. The number of fused-ring (bicyclic) bond motifs is 11. The normalized spacial score (nSPS) is 58.1. The Bertz CT molecular complexity index is 2080. The smallest absolute Gasteiger partial charge is 0.171 e. The molecule has 0 unspecified atom stereocenters. The van der Waals surface area contributed by atoms with Crippen LogP contribution in [0.1, 0.15) is 112 Å². The minimum Gasteiger partial charge on any atom is -0.390 e. The molecule has 1 spiro atoms. The molecule has 16 nitrogen and oxygen atoms in total. The van der Waals surface area contributed by atoms with Crippen molar-refractivity contribution < 1.29 is 76.9 Å². The fourth-order valence-corrected chi connectivity index (χ4v) is 15.6. The van der Waals surface area contributed by atoms with Crippen molar-refractivity contribution in [3.8, 4) is 0 Å². The summed E-state index contributed by atoms with van der Waals surface area (Å²) in [5, 5.41) is 35.9. The molecule has 13 aliphatic heterocycles. The van der Waals surface area contributed by atoms with Crippen LogP contribution in [0.2, 0.25) is 0 Å². The molecule has 0 aromatic heterocycles. The lowest BCUT2D eigenvalue weighted by Crippen LogP contribution is -2.63. The van der Waals surface area contributed by atoms with E-state index in [9.17, 15) is 15.3 Å². The summed E-state index contributed by atoms with van der Waals surface area (Å²) in [7, 11) is 0. The van der Waals surface area contributed by atoms with Gasteiger partial charge >= 0.3 is 0 Å². The maximum atomic E-state index is 12.4. The van der Waals surface area contributed by atoms with E-state index in [-0.39, 0.29) is 115 Å². The summed E-state index contributed by atoms with van der Waals surface area (Å²) in [5.41, 5.74) is -0.998. The number of hydrogen-bond acceptors (Lipinski definition) is 16. The molecule has 0 amide bonds. The van der Waals surface area contributed by atoms with Gasteiger partial charge in [-0.3, -0.25) is 0 Å². The third-order valence-corrected chi connectivity index (χ3v) is 20.0. The van der Waals surface area contributed by atoms with Gasteiger partial charge in [-0.25, -0.2) is 0 Å². The number of hydrogen-bond donors (Lipinski definition) is 3. The van der Waals surface area contributed by atoms with Gasteiger partial charge in [0.25, 0.3) is 0 Å². The summed E-state index contributed by atoms with van der Waals surface area (Å²) < 4.78 is 89.0. The average molecular weight is 1020 g/mol. The lowest BCUT2D eigenvalue weighted by atomic mass is 9.76. The first kappa shape index (κ1) is 50.8. The summed E-state index contributed by atoms with van der Waals surface area (Å²) in [6, 6.07) is 0. The number of ether oxygens (including phenoxy) is 13. The minimum atomic E-state index is -0.998. The monoisotopic (exact) mass is 1020 g/mol. The van der Waals surface area contributed by atoms with E-state index in [0.717, 1.165) is 25.7 Å². The van der Waals surface area contributed by atoms with Gasteiger partial charge in [-0.15, -0.1) is 0 Å². The van der Waals surface area contributed by atoms with E-state index in [1.807, 2.05) is 19.1 Å². The second kappa shape index (κ2) is 20.2. The van der Waals surface area contributed by atoms with Gasteiger partial charge in [-0.2, -0.15) is 0 Å². The molecule has 13 rings (SSSR count). The molecule has 0 aromatic carbocycles. The predicted octanol–water partition coefficient (Wildman–Crippen LogP) is 5.11. The van der Waals surface area contributed by atoms with E-state index >= 15 is 0 Å². The first-order chi connectivity index (χ1) is 35.3. The standard InChI is InChI=1S/C57H82O16/c1-28-22-39-41(25-45-51(70-39)30(3)49(59)55-52(71-45)29(2)31(4)57(73-55)19-11-21-62-57)67-43-27-48-56(5,72-44(43)23-28)47(58)26-42-35(68-48)13-7-6-12-32-33(65-42)15-10-16-34-36(63-32)17-18-37-40(64-34)24-46-54(69-37)50(60)53-38(66-46)14-8-9-20-61-53/h6-10,15,17-18,28-55,58-60H,11-14,16,19-27H2,1-5H3/b7-6-,15-10?/t28-,29+,30+,31+,32-,33+,34-,35+,36+,37-,38+,39+,40+,41-,42-,43+,44-,45+,46-,47-,48-,49+,50-,51-,52-,53+,54-,55+,56+,57-/m1/s1. The fraction of sp³-hybridized carbons (Fsp3) is 0.860. The van der Waals surface area contributed by atoms with Crippen LogP contribution in [0.5, 0.6) is 0 Å². The lowest BCUT2D eigenvalue weighted by molar-refractivity contribution is -0.339. The Labute approximate surface area is 430 Å². The molecular formula is C57H82O16. The SMILES string of the molecule is C[C@@H]1C[C@@H]2O[C@@H]3[C@@H](C)[C@H](O)[C@@H]4O[C@]5(CCCO5)[C@@H](C)[C@H](C)[C@H]4O[C@H]3C[C@H]2O[C@H]2C[C@H]3O[C@H]4C/C=C\C[C@H]5O[C@H]6C=C[C@H]7O[C@H]8[C@H](O)[C@H]9OCC=CC[C@@H]9O[C@@H]8C[C@@H]7O[C@@H]6CC=C[C@@H]5O[C@@H]4C[C@@H](O)[C@]3(C)O[C@@H]2C1. The van der Waals surface area contributed by atoms with Crippen molar-refractivity contribution in [1.29, 1.82) is 0 Å². The quantitative estimate of drug-likeness (QED) is 0.273. The van der Waals surface area contributed by atoms with Crippen molar-refractivity contribution in [2.24, 2.45) is 23.7 Å². The Morgan fingerprint density at radius 2 is 1.08 bits per heavy atom. The maximum Gasteiger partial charge on any atom is 0.171 e. The summed E-state index contributed by atoms with van der Waals surface area (Å²) >= 11 is 0. The highest BCUT2D eigenvalue weighted by Gasteiger charge is 2.62. The van der Waals surface area contributed by atoms with Crippen LogP contribution in [0, 0.1) is 23.7 Å². The molecule has 13 heterocycles. The zero-order valence-corrected chi connectivity index (χ0v) is 43.3. The Morgan fingerprint density at radius 3 is 1.92 bits per heavy atom. The summed E-state index contributed by atoms with van der Waals surface area (Å²) in [4.78, 5) is 0. The minimum absolute atomic E-state index is 0.103. The molecule has 0 aliphatic carbocycles. The number of rotatable bonds is 0. The third-order valence-electron chi connectivity index (χ3n) is 20.0. The number of aliphatic hydroxyl groups is 3. The highest BCUT2D eigenvalue weighted by molar-refractivity contribution is 5.14. The van der Waals surface area contributed by atoms with Gasteiger partial charge in [0.15, 0.2) is 5.79 Å². The molecule has 16 heteroatoms. The maximum absolute atomic E-state index is 12.4. The van der Waals surface area contributed by atoms with Gasteiger partial charge < -0.3 is 76.9 Å². The largest absolute Gasteiger partial charge is 0.390 e. The van der Waals surface area contributed by atoms with Gasteiger partial charge in [-0.05, 0) is 63.7 Å². The molecule has 73 heavy (non-hydrogen) atoms. The summed E-state index contributed by atoms with van der Waals surface area (Å²) in [6.45, 7) is 11.9. The third kappa shape index (κ3) is 9.16.